The van der Waals surface area contributed by atoms with E-state index in [1.165, 1.54) is 6.08 Å². The molecule has 0 heterocycles. The van der Waals surface area contributed by atoms with Crippen molar-refractivity contribution < 1.29 is 19.1 Å². The normalized spacial score (nSPS) is 11.4. The number of aromatic carboxylic acids is 1. The number of fused-ring (bicyclic) bond motifs is 1. The maximum atomic E-state index is 13.2. The van der Waals surface area contributed by atoms with E-state index >= 15 is 0 Å². The van der Waals surface area contributed by atoms with Gasteiger partial charge in [0.15, 0.2) is 0 Å². The lowest BCUT2D eigenvalue weighted by molar-refractivity contribution is -0.112. The van der Waals surface area contributed by atoms with Crippen LogP contribution in [0.4, 0.5) is 10.1 Å². The Morgan fingerprint density at radius 2 is 1.81 bits per heavy atom. The summed E-state index contributed by atoms with van der Waals surface area (Å²) in [6.45, 7) is 0. The van der Waals surface area contributed by atoms with Crippen LogP contribution in [-0.2, 0) is 4.79 Å². The van der Waals surface area contributed by atoms with Crippen molar-refractivity contribution in [3.63, 3.8) is 0 Å². The number of hydrogen-bond acceptors (Lipinski definition) is 2. The average molecular weight is 404 g/mol. The highest BCUT2D eigenvalue weighted by molar-refractivity contribution is 6.46. The van der Waals surface area contributed by atoms with Crippen molar-refractivity contribution in [3.05, 3.63) is 81.6 Å². The van der Waals surface area contributed by atoms with Crippen LogP contribution in [0.3, 0.4) is 0 Å². The van der Waals surface area contributed by atoms with Gasteiger partial charge in [0.2, 0.25) is 0 Å². The van der Waals surface area contributed by atoms with Gasteiger partial charge in [0, 0.05) is 5.39 Å². The molecule has 0 aliphatic carbocycles. The Morgan fingerprint density at radius 1 is 1.07 bits per heavy atom. The minimum atomic E-state index is -1.37. The zero-order valence-corrected chi connectivity index (χ0v) is 15.2. The topological polar surface area (TPSA) is 66.4 Å². The zero-order valence-electron chi connectivity index (χ0n) is 13.7. The average Bonchev–Trinajstić information content (AvgIpc) is 2.65. The molecule has 0 aliphatic rings. The number of carbonyl (C=O) groups excluding carboxylic acids is 1. The van der Waals surface area contributed by atoms with Crippen LogP contribution in [-0.4, -0.2) is 17.0 Å². The molecule has 0 atom stereocenters. The molecule has 136 valence electrons. The van der Waals surface area contributed by atoms with E-state index in [0.29, 0.717) is 10.6 Å². The lowest BCUT2D eigenvalue weighted by atomic mass is 10.1. The van der Waals surface area contributed by atoms with Gasteiger partial charge in [0.25, 0.3) is 5.91 Å². The highest BCUT2D eigenvalue weighted by atomic mass is 35.5. The molecule has 0 spiro atoms. The van der Waals surface area contributed by atoms with Gasteiger partial charge < -0.3 is 10.4 Å². The minimum absolute atomic E-state index is 0.0648. The van der Waals surface area contributed by atoms with Crippen LogP contribution in [0, 0.1) is 5.82 Å². The minimum Gasteiger partial charge on any atom is -0.478 e. The van der Waals surface area contributed by atoms with Crippen LogP contribution < -0.4 is 5.32 Å². The summed E-state index contributed by atoms with van der Waals surface area (Å²) in [7, 11) is 0. The summed E-state index contributed by atoms with van der Waals surface area (Å²) in [5.74, 6) is -2.84. The molecule has 1 amide bonds. The molecule has 27 heavy (non-hydrogen) atoms. The van der Waals surface area contributed by atoms with Gasteiger partial charge in [-0.2, -0.15) is 0 Å². The molecular formula is C20H12Cl2FNO3. The van der Waals surface area contributed by atoms with Gasteiger partial charge in [0.1, 0.15) is 10.8 Å². The van der Waals surface area contributed by atoms with Gasteiger partial charge in [-0.15, -0.1) is 0 Å². The number of carbonyl (C=O) groups is 2. The maximum absolute atomic E-state index is 13.2. The molecular weight excluding hydrogens is 392 g/mol. The number of amides is 1. The van der Waals surface area contributed by atoms with E-state index in [9.17, 15) is 14.0 Å². The van der Waals surface area contributed by atoms with E-state index < -0.39 is 17.7 Å². The molecule has 0 saturated heterocycles. The van der Waals surface area contributed by atoms with Crippen molar-refractivity contribution in [3.8, 4) is 0 Å². The Balaban J connectivity index is 1.90. The molecule has 3 aromatic rings. The third-order valence-corrected chi connectivity index (χ3v) is 4.56. The molecule has 4 nitrogen and oxygen atoms in total. The molecule has 3 aromatic carbocycles. The molecule has 0 bridgehead atoms. The predicted octanol–water partition coefficient (Wildman–Crippen LogP) is 5.55. The first-order chi connectivity index (χ1) is 12.9. The van der Waals surface area contributed by atoms with E-state index in [4.69, 9.17) is 28.3 Å². The second-order valence-electron chi connectivity index (χ2n) is 5.63. The van der Waals surface area contributed by atoms with Gasteiger partial charge in [-0.1, -0.05) is 59.6 Å². The fraction of sp³-hybridized carbons (Fsp3) is 0. The Kier molecular flexibility index (Phi) is 5.44. The number of benzene rings is 3. The predicted molar refractivity (Wildman–Crippen MR) is 105 cm³/mol. The number of carboxylic acid groups (broad SMARTS) is 1. The summed E-state index contributed by atoms with van der Waals surface area (Å²) < 4.78 is 13.2. The summed E-state index contributed by atoms with van der Waals surface area (Å²) in [6.07, 6.45) is 1.38. The smallest absolute Gasteiger partial charge is 0.337 e. The first kappa shape index (κ1) is 18.9. The number of rotatable bonds is 4. The Bertz CT molecular complexity index is 1100. The fourth-order valence-electron chi connectivity index (χ4n) is 2.55. The van der Waals surface area contributed by atoms with Crippen LogP contribution in [0.5, 0.6) is 0 Å². The molecule has 0 aliphatic heterocycles. The summed E-state index contributed by atoms with van der Waals surface area (Å²) in [5.41, 5.74) is 0.0923. The standard InChI is InChI=1S/C20H12Cl2FNO3/c21-16(9-12-6-5-11-3-1-2-4-14(11)18(12)22)19(25)24-17-8-7-13(23)10-15(17)20(26)27/h1-10H,(H,24,25)(H,26,27)/b16-9-. The maximum Gasteiger partial charge on any atom is 0.337 e. The number of halogens is 3. The van der Waals surface area contributed by atoms with Crippen molar-refractivity contribution in [1.82, 2.24) is 0 Å². The monoisotopic (exact) mass is 403 g/mol. The van der Waals surface area contributed by atoms with E-state index in [1.54, 1.807) is 6.07 Å². The van der Waals surface area contributed by atoms with E-state index in [1.807, 2.05) is 30.3 Å². The number of hydrogen-bond donors (Lipinski definition) is 2. The third-order valence-electron chi connectivity index (χ3n) is 3.85. The summed E-state index contributed by atoms with van der Waals surface area (Å²) in [5, 5.41) is 13.5. The number of carboxylic acids is 1. The van der Waals surface area contributed by atoms with Crippen molar-refractivity contribution >= 4 is 57.6 Å². The lowest BCUT2D eigenvalue weighted by Crippen LogP contribution is -2.14. The molecule has 7 heteroatoms. The molecule has 0 saturated carbocycles. The van der Waals surface area contributed by atoms with Gasteiger partial charge in [-0.3, -0.25) is 4.79 Å². The summed E-state index contributed by atoms with van der Waals surface area (Å²) in [6, 6.07) is 14.1. The highest BCUT2D eigenvalue weighted by Gasteiger charge is 2.16. The van der Waals surface area contributed by atoms with Crippen LogP contribution >= 0.6 is 23.2 Å². The first-order valence-corrected chi connectivity index (χ1v) is 8.51. The van der Waals surface area contributed by atoms with Gasteiger partial charge in [0.05, 0.1) is 16.3 Å². The third kappa shape index (κ3) is 4.10. The lowest BCUT2D eigenvalue weighted by Gasteiger charge is -2.09. The van der Waals surface area contributed by atoms with Crippen LogP contribution in [0.1, 0.15) is 15.9 Å². The van der Waals surface area contributed by atoms with E-state index in [2.05, 4.69) is 5.32 Å². The van der Waals surface area contributed by atoms with Crippen molar-refractivity contribution in [2.24, 2.45) is 0 Å². The zero-order chi connectivity index (χ0) is 19.6. The number of anilines is 1. The van der Waals surface area contributed by atoms with Gasteiger partial charge in [-0.05, 0) is 35.2 Å². The Morgan fingerprint density at radius 3 is 2.56 bits per heavy atom. The first-order valence-electron chi connectivity index (χ1n) is 7.75. The van der Waals surface area contributed by atoms with Crippen molar-refractivity contribution in [2.75, 3.05) is 5.32 Å². The molecule has 0 fully saturated rings. The van der Waals surface area contributed by atoms with E-state index in [-0.39, 0.29) is 16.3 Å². The van der Waals surface area contributed by atoms with Crippen LogP contribution in [0.25, 0.3) is 16.8 Å². The molecule has 0 unspecified atom stereocenters. The van der Waals surface area contributed by atoms with Gasteiger partial charge >= 0.3 is 5.97 Å². The quantitative estimate of drug-likeness (QED) is 0.561. The number of nitrogens with one attached hydrogen (secondary N) is 1. The fourth-order valence-corrected chi connectivity index (χ4v) is 3.00. The van der Waals surface area contributed by atoms with Crippen LogP contribution in [0.2, 0.25) is 5.02 Å². The molecule has 0 radical (unpaired) electrons. The Hall–Kier alpha value is -2.89. The second kappa shape index (κ2) is 7.78. The molecule has 3 rings (SSSR count). The SMILES string of the molecule is O=C(Nc1ccc(F)cc1C(=O)O)/C(Cl)=C/c1ccc2ccccc2c1Cl. The van der Waals surface area contributed by atoms with Crippen LogP contribution in [0.15, 0.2) is 59.6 Å². The van der Waals surface area contributed by atoms with Crippen molar-refractivity contribution in [2.45, 2.75) is 0 Å². The largest absolute Gasteiger partial charge is 0.478 e. The second-order valence-corrected chi connectivity index (χ2v) is 6.42. The Labute approximate surface area is 163 Å². The van der Waals surface area contributed by atoms with Crippen molar-refractivity contribution in [1.29, 1.82) is 0 Å². The summed E-state index contributed by atoms with van der Waals surface area (Å²) in [4.78, 5) is 23.5. The molecule has 0 aromatic heterocycles. The molecule has 2 N–H and O–H groups in total. The van der Waals surface area contributed by atoms with Gasteiger partial charge in [-0.25, -0.2) is 9.18 Å². The summed E-state index contributed by atoms with van der Waals surface area (Å²) >= 11 is 12.5. The van der Waals surface area contributed by atoms with E-state index in [0.717, 1.165) is 29.0 Å². The highest BCUT2D eigenvalue weighted by Crippen LogP contribution is 2.29.